The Labute approximate surface area is 103 Å². The van der Waals surface area contributed by atoms with E-state index < -0.39 is 0 Å². The summed E-state index contributed by atoms with van der Waals surface area (Å²) in [6.07, 6.45) is 4.90. The SMILES string of the molecule is CCC(CN)CC(=O)NC(C)c1ccncc1. The summed E-state index contributed by atoms with van der Waals surface area (Å²) in [5, 5.41) is 2.97. The number of nitrogens with two attached hydrogens (primary N) is 1. The molecule has 1 aromatic rings. The quantitative estimate of drug-likeness (QED) is 0.787. The van der Waals surface area contributed by atoms with Crippen molar-refractivity contribution in [1.82, 2.24) is 10.3 Å². The van der Waals surface area contributed by atoms with E-state index in [0.717, 1.165) is 12.0 Å². The Kier molecular flexibility index (Phi) is 5.63. The molecule has 0 aliphatic carbocycles. The minimum Gasteiger partial charge on any atom is -0.350 e. The Morgan fingerprint density at radius 2 is 2.12 bits per heavy atom. The van der Waals surface area contributed by atoms with E-state index in [2.05, 4.69) is 17.2 Å². The van der Waals surface area contributed by atoms with Crippen molar-refractivity contribution in [3.63, 3.8) is 0 Å². The van der Waals surface area contributed by atoms with E-state index in [0.29, 0.717) is 13.0 Å². The smallest absolute Gasteiger partial charge is 0.220 e. The molecule has 1 amide bonds. The number of aromatic nitrogens is 1. The zero-order chi connectivity index (χ0) is 12.7. The van der Waals surface area contributed by atoms with Crippen molar-refractivity contribution in [2.24, 2.45) is 11.7 Å². The second kappa shape index (κ2) is 7.01. The largest absolute Gasteiger partial charge is 0.350 e. The van der Waals surface area contributed by atoms with Gasteiger partial charge < -0.3 is 11.1 Å². The highest BCUT2D eigenvalue weighted by Gasteiger charge is 2.13. The first-order valence-corrected chi connectivity index (χ1v) is 6.06. The van der Waals surface area contributed by atoms with E-state index in [9.17, 15) is 4.79 Å². The van der Waals surface area contributed by atoms with Crippen LogP contribution in [-0.2, 0) is 4.79 Å². The van der Waals surface area contributed by atoms with Gasteiger partial charge in [-0.05, 0) is 37.1 Å². The van der Waals surface area contributed by atoms with Crippen LogP contribution in [0.2, 0.25) is 0 Å². The molecule has 0 aliphatic rings. The van der Waals surface area contributed by atoms with E-state index in [1.807, 2.05) is 19.1 Å². The standard InChI is InChI=1S/C13H21N3O/c1-3-11(9-14)8-13(17)16-10(2)12-4-6-15-7-5-12/h4-7,10-11H,3,8-9,14H2,1-2H3,(H,16,17). The Morgan fingerprint density at radius 1 is 1.47 bits per heavy atom. The first-order chi connectivity index (χ1) is 8.17. The molecular weight excluding hydrogens is 214 g/mol. The van der Waals surface area contributed by atoms with Crippen LogP contribution < -0.4 is 11.1 Å². The highest BCUT2D eigenvalue weighted by molar-refractivity contribution is 5.76. The Hall–Kier alpha value is -1.42. The summed E-state index contributed by atoms with van der Waals surface area (Å²) in [4.78, 5) is 15.7. The molecule has 0 fully saturated rings. The lowest BCUT2D eigenvalue weighted by Gasteiger charge is -2.16. The lowest BCUT2D eigenvalue weighted by molar-refractivity contribution is -0.122. The Morgan fingerprint density at radius 3 is 2.65 bits per heavy atom. The molecule has 94 valence electrons. The van der Waals surface area contributed by atoms with Gasteiger partial charge in [0.05, 0.1) is 6.04 Å². The molecule has 4 nitrogen and oxygen atoms in total. The normalized spacial score (nSPS) is 14.1. The second-order valence-electron chi connectivity index (χ2n) is 4.28. The molecule has 0 aliphatic heterocycles. The number of nitrogens with one attached hydrogen (secondary N) is 1. The van der Waals surface area contributed by atoms with Crippen molar-refractivity contribution in [3.05, 3.63) is 30.1 Å². The van der Waals surface area contributed by atoms with Crippen LogP contribution in [0.15, 0.2) is 24.5 Å². The molecule has 1 aromatic heterocycles. The third-order valence-corrected chi connectivity index (χ3v) is 2.97. The van der Waals surface area contributed by atoms with Crippen molar-refractivity contribution >= 4 is 5.91 Å². The third kappa shape index (κ3) is 4.53. The van der Waals surface area contributed by atoms with Crippen LogP contribution in [0.4, 0.5) is 0 Å². The van der Waals surface area contributed by atoms with Crippen molar-refractivity contribution < 1.29 is 4.79 Å². The van der Waals surface area contributed by atoms with Gasteiger partial charge in [-0.15, -0.1) is 0 Å². The molecule has 0 saturated carbocycles. The zero-order valence-electron chi connectivity index (χ0n) is 10.5. The number of amides is 1. The average molecular weight is 235 g/mol. The molecule has 0 spiro atoms. The van der Waals surface area contributed by atoms with Crippen molar-refractivity contribution in [3.8, 4) is 0 Å². The summed E-state index contributed by atoms with van der Waals surface area (Å²) in [5.41, 5.74) is 6.65. The van der Waals surface area contributed by atoms with Gasteiger partial charge in [-0.2, -0.15) is 0 Å². The number of hydrogen-bond donors (Lipinski definition) is 2. The number of carbonyl (C=O) groups is 1. The lowest BCUT2D eigenvalue weighted by Crippen LogP contribution is -2.30. The molecule has 3 N–H and O–H groups in total. The predicted molar refractivity (Wildman–Crippen MR) is 68.2 cm³/mol. The number of hydrogen-bond acceptors (Lipinski definition) is 3. The lowest BCUT2D eigenvalue weighted by atomic mass is 10.0. The highest BCUT2D eigenvalue weighted by atomic mass is 16.1. The molecule has 17 heavy (non-hydrogen) atoms. The maximum absolute atomic E-state index is 11.8. The molecule has 0 aromatic carbocycles. The summed E-state index contributed by atoms with van der Waals surface area (Å²) >= 11 is 0. The summed E-state index contributed by atoms with van der Waals surface area (Å²) in [5.74, 6) is 0.339. The summed E-state index contributed by atoms with van der Waals surface area (Å²) < 4.78 is 0. The maximum Gasteiger partial charge on any atom is 0.220 e. The van der Waals surface area contributed by atoms with Gasteiger partial charge in [0, 0.05) is 18.8 Å². The van der Waals surface area contributed by atoms with E-state index >= 15 is 0 Å². The molecular formula is C13H21N3O. The van der Waals surface area contributed by atoms with E-state index in [1.54, 1.807) is 12.4 Å². The van der Waals surface area contributed by atoms with Crippen LogP contribution in [-0.4, -0.2) is 17.4 Å². The summed E-state index contributed by atoms with van der Waals surface area (Å²) in [6.45, 7) is 4.58. The summed E-state index contributed by atoms with van der Waals surface area (Å²) in [7, 11) is 0. The van der Waals surface area contributed by atoms with Gasteiger partial charge in [-0.25, -0.2) is 0 Å². The fourth-order valence-corrected chi connectivity index (χ4v) is 1.69. The van der Waals surface area contributed by atoms with Gasteiger partial charge in [0.1, 0.15) is 0 Å². The first kappa shape index (κ1) is 13.6. The van der Waals surface area contributed by atoms with E-state index in [-0.39, 0.29) is 17.9 Å². The van der Waals surface area contributed by atoms with Crippen molar-refractivity contribution in [1.29, 1.82) is 0 Å². The van der Waals surface area contributed by atoms with Crippen LogP contribution in [0.5, 0.6) is 0 Å². The fourth-order valence-electron chi connectivity index (χ4n) is 1.69. The highest BCUT2D eigenvalue weighted by Crippen LogP contribution is 2.12. The zero-order valence-corrected chi connectivity index (χ0v) is 10.5. The molecule has 2 atom stereocenters. The number of carbonyl (C=O) groups excluding carboxylic acids is 1. The minimum atomic E-state index is 0.0146. The molecule has 0 radical (unpaired) electrons. The monoisotopic (exact) mass is 235 g/mol. The van der Waals surface area contributed by atoms with Crippen molar-refractivity contribution in [2.75, 3.05) is 6.54 Å². The first-order valence-electron chi connectivity index (χ1n) is 6.06. The molecule has 0 saturated heterocycles. The van der Waals surface area contributed by atoms with Crippen LogP contribution in [0.1, 0.15) is 38.3 Å². The molecule has 1 heterocycles. The predicted octanol–water partition coefficient (Wildman–Crippen LogP) is 1.63. The number of rotatable bonds is 6. The van der Waals surface area contributed by atoms with Gasteiger partial charge in [0.25, 0.3) is 0 Å². The van der Waals surface area contributed by atoms with Gasteiger partial charge in [-0.3, -0.25) is 9.78 Å². The summed E-state index contributed by atoms with van der Waals surface area (Å²) in [6, 6.07) is 3.83. The third-order valence-electron chi connectivity index (χ3n) is 2.97. The van der Waals surface area contributed by atoms with E-state index in [4.69, 9.17) is 5.73 Å². The fraction of sp³-hybridized carbons (Fsp3) is 0.538. The number of nitrogens with zero attached hydrogens (tertiary/aromatic N) is 1. The minimum absolute atomic E-state index is 0.0146. The van der Waals surface area contributed by atoms with Crippen LogP contribution in [0, 0.1) is 5.92 Å². The Balaban J connectivity index is 2.46. The molecule has 1 rings (SSSR count). The number of pyridine rings is 1. The van der Waals surface area contributed by atoms with E-state index in [1.165, 1.54) is 0 Å². The topological polar surface area (TPSA) is 68.0 Å². The molecule has 0 bridgehead atoms. The van der Waals surface area contributed by atoms with Gasteiger partial charge in [0.2, 0.25) is 5.91 Å². The van der Waals surface area contributed by atoms with Gasteiger partial charge in [-0.1, -0.05) is 13.3 Å². The maximum atomic E-state index is 11.8. The average Bonchev–Trinajstić information content (AvgIpc) is 2.37. The Bertz CT molecular complexity index is 336. The van der Waals surface area contributed by atoms with Crippen molar-refractivity contribution in [2.45, 2.75) is 32.7 Å². The molecule has 2 unspecified atom stereocenters. The van der Waals surface area contributed by atoms with Crippen LogP contribution >= 0.6 is 0 Å². The van der Waals surface area contributed by atoms with Crippen LogP contribution in [0.3, 0.4) is 0 Å². The second-order valence-corrected chi connectivity index (χ2v) is 4.28. The van der Waals surface area contributed by atoms with Gasteiger partial charge >= 0.3 is 0 Å². The molecule has 4 heteroatoms. The van der Waals surface area contributed by atoms with Gasteiger partial charge in [0.15, 0.2) is 0 Å². The van der Waals surface area contributed by atoms with Crippen LogP contribution in [0.25, 0.3) is 0 Å².